The van der Waals surface area contributed by atoms with Gasteiger partial charge in [-0.3, -0.25) is 9.79 Å². The van der Waals surface area contributed by atoms with Crippen molar-refractivity contribution < 1.29 is 4.79 Å². The van der Waals surface area contributed by atoms with Crippen LogP contribution in [0, 0.1) is 0 Å². The summed E-state index contributed by atoms with van der Waals surface area (Å²) in [6.07, 6.45) is 3.88. The highest BCUT2D eigenvalue weighted by atomic mass is 16.1. The standard InChI is InChI=1S/C12H24N4O/c1-4-9(2)15-11(17)7-8-14-12(13-3)16-10-5-6-10/h9-10H,4-8H2,1-3H3,(H,15,17)(H2,13,14,16). The lowest BCUT2D eigenvalue weighted by Crippen LogP contribution is -2.41. The second-order valence-corrected chi connectivity index (χ2v) is 4.54. The Bertz CT molecular complexity index is 274. The molecule has 1 fully saturated rings. The van der Waals surface area contributed by atoms with E-state index in [-0.39, 0.29) is 11.9 Å². The lowest BCUT2D eigenvalue weighted by atomic mass is 10.2. The lowest BCUT2D eigenvalue weighted by molar-refractivity contribution is -0.121. The van der Waals surface area contributed by atoms with Gasteiger partial charge in [0.25, 0.3) is 0 Å². The zero-order valence-electron chi connectivity index (χ0n) is 11.0. The first-order valence-corrected chi connectivity index (χ1v) is 6.42. The van der Waals surface area contributed by atoms with E-state index in [0.717, 1.165) is 12.4 Å². The zero-order chi connectivity index (χ0) is 12.7. The quantitative estimate of drug-likeness (QED) is 0.471. The van der Waals surface area contributed by atoms with Gasteiger partial charge in [-0.15, -0.1) is 0 Å². The van der Waals surface area contributed by atoms with E-state index in [1.165, 1.54) is 12.8 Å². The van der Waals surface area contributed by atoms with E-state index >= 15 is 0 Å². The SMILES string of the molecule is CCC(C)NC(=O)CCNC(=NC)NC1CC1. The van der Waals surface area contributed by atoms with Crippen LogP contribution < -0.4 is 16.0 Å². The van der Waals surface area contributed by atoms with Crippen LogP contribution in [0.2, 0.25) is 0 Å². The van der Waals surface area contributed by atoms with E-state index in [1.807, 2.05) is 6.92 Å². The minimum absolute atomic E-state index is 0.0914. The molecule has 3 N–H and O–H groups in total. The van der Waals surface area contributed by atoms with Crippen LogP contribution in [0.25, 0.3) is 0 Å². The average molecular weight is 240 g/mol. The smallest absolute Gasteiger partial charge is 0.221 e. The van der Waals surface area contributed by atoms with E-state index in [1.54, 1.807) is 7.05 Å². The molecule has 0 saturated heterocycles. The molecule has 0 aromatic heterocycles. The zero-order valence-corrected chi connectivity index (χ0v) is 11.0. The molecule has 1 unspecified atom stereocenters. The molecule has 0 radical (unpaired) electrons. The Morgan fingerprint density at radius 3 is 2.71 bits per heavy atom. The highest BCUT2D eigenvalue weighted by molar-refractivity contribution is 5.81. The van der Waals surface area contributed by atoms with Crippen LogP contribution in [-0.2, 0) is 4.79 Å². The number of nitrogens with zero attached hydrogens (tertiary/aromatic N) is 1. The van der Waals surface area contributed by atoms with Gasteiger partial charge in [0.2, 0.25) is 5.91 Å². The summed E-state index contributed by atoms with van der Waals surface area (Å²) in [5.41, 5.74) is 0. The lowest BCUT2D eigenvalue weighted by Gasteiger charge is -2.13. The van der Waals surface area contributed by atoms with Gasteiger partial charge in [-0.25, -0.2) is 0 Å². The first-order chi connectivity index (χ1) is 8.15. The molecular formula is C12H24N4O. The number of amides is 1. The summed E-state index contributed by atoms with van der Waals surface area (Å²) >= 11 is 0. The van der Waals surface area contributed by atoms with Crippen LogP contribution in [0.3, 0.4) is 0 Å². The molecule has 0 heterocycles. The summed E-state index contributed by atoms with van der Waals surface area (Å²) in [6, 6.07) is 0.835. The molecule has 1 rings (SSSR count). The molecule has 17 heavy (non-hydrogen) atoms. The van der Waals surface area contributed by atoms with Crippen molar-refractivity contribution in [2.45, 2.75) is 51.6 Å². The van der Waals surface area contributed by atoms with Gasteiger partial charge in [0.15, 0.2) is 5.96 Å². The molecule has 0 spiro atoms. The van der Waals surface area contributed by atoms with Gasteiger partial charge >= 0.3 is 0 Å². The monoisotopic (exact) mass is 240 g/mol. The Balaban J connectivity index is 2.10. The number of hydrogen-bond donors (Lipinski definition) is 3. The van der Waals surface area contributed by atoms with Gasteiger partial charge in [0.05, 0.1) is 0 Å². The molecule has 1 aliphatic carbocycles. The number of nitrogens with one attached hydrogen (secondary N) is 3. The number of guanidine groups is 1. The molecule has 0 bridgehead atoms. The molecule has 1 atom stereocenters. The largest absolute Gasteiger partial charge is 0.356 e. The van der Waals surface area contributed by atoms with Gasteiger partial charge in [0.1, 0.15) is 0 Å². The fourth-order valence-electron chi connectivity index (χ4n) is 1.36. The van der Waals surface area contributed by atoms with Crippen molar-refractivity contribution in [3.63, 3.8) is 0 Å². The topological polar surface area (TPSA) is 65.5 Å². The van der Waals surface area contributed by atoms with Crippen LogP contribution in [0.5, 0.6) is 0 Å². The minimum atomic E-state index is 0.0914. The third-order valence-electron chi connectivity index (χ3n) is 2.81. The van der Waals surface area contributed by atoms with Crippen LogP contribution in [-0.4, -0.2) is 37.5 Å². The second kappa shape index (κ2) is 7.14. The first kappa shape index (κ1) is 13.8. The summed E-state index contributed by atoms with van der Waals surface area (Å²) in [4.78, 5) is 15.6. The predicted molar refractivity (Wildman–Crippen MR) is 70.0 cm³/mol. The maximum atomic E-state index is 11.5. The minimum Gasteiger partial charge on any atom is -0.356 e. The van der Waals surface area contributed by atoms with Crippen molar-refractivity contribution in [3.8, 4) is 0 Å². The van der Waals surface area contributed by atoms with Crippen molar-refractivity contribution in [2.24, 2.45) is 4.99 Å². The van der Waals surface area contributed by atoms with Crippen LogP contribution in [0.1, 0.15) is 39.5 Å². The van der Waals surface area contributed by atoms with Gasteiger partial charge < -0.3 is 16.0 Å². The number of carbonyl (C=O) groups is 1. The third kappa shape index (κ3) is 6.14. The van der Waals surface area contributed by atoms with Gasteiger partial charge in [-0.2, -0.15) is 0 Å². The third-order valence-corrected chi connectivity index (χ3v) is 2.81. The Kier molecular flexibility index (Phi) is 5.80. The van der Waals surface area contributed by atoms with E-state index < -0.39 is 0 Å². The Morgan fingerprint density at radius 1 is 1.47 bits per heavy atom. The average Bonchev–Trinajstić information content (AvgIpc) is 3.11. The molecule has 5 nitrogen and oxygen atoms in total. The summed E-state index contributed by atoms with van der Waals surface area (Å²) in [5, 5.41) is 9.35. The summed E-state index contributed by atoms with van der Waals surface area (Å²) < 4.78 is 0. The fourth-order valence-corrected chi connectivity index (χ4v) is 1.36. The van der Waals surface area contributed by atoms with E-state index in [9.17, 15) is 4.79 Å². The van der Waals surface area contributed by atoms with Gasteiger partial charge in [0, 0.05) is 32.1 Å². The number of rotatable bonds is 6. The molecule has 0 aliphatic heterocycles. The van der Waals surface area contributed by atoms with Crippen molar-refractivity contribution >= 4 is 11.9 Å². The molecule has 0 aromatic rings. The molecule has 0 aromatic carbocycles. The summed E-state index contributed by atoms with van der Waals surface area (Å²) in [6.45, 7) is 4.69. The number of carbonyl (C=O) groups excluding carboxylic acids is 1. The molecule has 1 saturated carbocycles. The van der Waals surface area contributed by atoms with Gasteiger partial charge in [-0.1, -0.05) is 6.92 Å². The van der Waals surface area contributed by atoms with Crippen LogP contribution >= 0.6 is 0 Å². The Morgan fingerprint density at radius 2 is 2.18 bits per heavy atom. The highest BCUT2D eigenvalue weighted by Gasteiger charge is 2.21. The van der Waals surface area contributed by atoms with E-state index in [0.29, 0.717) is 19.0 Å². The van der Waals surface area contributed by atoms with Crippen LogP contribution in [0.15, 0.2) is 4.99 Å². The molecular weight excluding hydrogens is 216 g/mol. The van der Waals surface area contributed by atoms with Crippen molar-refractivity contribution in [1.82, 2.24) is 16.0 Å². The number of aliphatic imine (C=N–C) groups is 1. The van der Waals surface area contributed by atoms with E-state index in [4.69, 9.17) is 0 Å². The fraction of sp³-hybridized carbons (Fsp3) is 0.833. The number of hydrogen-bond acceptors (Lipinski definition) is 2. The predicted octanol–water partition coefficient (Wildman–Crippen LogP) is 0.619. The van der Waals surface area contributed by atoms with Crippen molar-refractivity contribution in [2.75, 3.05) is 13.6 Å². The maximum Gasteiger partial charge on any atom is 0.221 e. The molecule has 1 aliphatic rings. The van der Waals surface area contributed by atoms with Crippen molar-refractivity contribution in [3.05, 3.63) is 0 Å². The maximum absolute atomic E-state index is 11.5. The molecule has 1 amide bonds. The summed E-state index contributed by atoms with van der Waals surface area (Å²) in [5.74, 6) is 0.887. The highest BCUT2D eigenvalue weighted by Crippen LogP contribution is 2.18. The normalized spacial score (nSPS) is 17.5. The Hall–Kier alpha value is -1.26. The van der Waals surface area contributed by atoms with Crippen molar-refractivity contribution in [1.29, 1.82) is 0 Å². The summed E-state index contributed by atoms with van der Waals surface area (Å²) in [7, 11) is 1.75. The second-order valence-electron chi connectivity index (χ2n) is 4.54. The molecule has 5 heteroatoms. The molecule has 98 valence electrons. The van der Waals surface area contributed by atoms with Gasteiger partial charge in [-0.05, 0) is 26.2 Å². The van der Waals surface area contributed by atoms with E-state index in [2.05, 4.69) is 27.9 Å². The Labute approximate surface area is 103 Å². The van der Waals surface area contributed by atoms with Crippen LogP contribution in [0.4, 0.5) is 0 Å². The first-order valence-electron chi connectivity index (χ1n) is 6.42.